The summed E-state index contributed by atoms with van der Waals surface area (Å²) in [6.07, 6.45) is 3.60. The number of ether oxygens (including phenoxy) is 2. The predicted molar refractivity (Wildman–Crippen MR) is 118 cm³/mol. The van der Waals surface area contributed by atoms with Crippen molar-refractivity contribution in [2.75, 3.05) is 26.3 Å². The van der Waals surface area contributed by atoms with Crippen LogP contribution in [-0.2, 0) is 23.9 Å². The number of aliphatic hydroxyl groups excluding tert-OH is 1. The van der Waals surface area contributed by atoms with Gasteiger partial charge in [0.2, 0.25) is 11.8 Å². The minimum Gasteiger partial charge on any atom is -0.461 e. The lowest BCUT2D eigenvalue weighted by Gasteiger charge is -2.42. The minimum atomic E-state index is -1.15. The summed E-state index contributed by atoms with van der Waals surface area (Å²) in [4.78, 5) is 43.8. The molecule has 3 unspecified atom stereocenters. The van der Waals surface area contributed by atoms with E-state index in [0.29, 0.717) is 13.0 Å². The van der Waals surface area contributed by atoms with Crippen LogP contribution in [-0.4, -0.2) is 81.8 Å². The average molecular weight is 449 g/mol. The fraction of sp³-hybridized carbons (Fsp3) is 0.708. The van der Waals surface area contributed by atoms with Crippen molar-refractivity contribution in [2.45, 2.75) is 63.8 Å². The van der Waals surface area contributed by atoms with E-state index in [1.807, 2.05) is 34.6 Å². The lowest BCUT2D eigenvalue weighted by Crippen LogP contribution is -2.60. The maximum atomic E-state index is 14.0. The molecule has 0 radical (unpaired) electrons. The van der Waals surface area contributed by atoms with Crippen LogP contribution in [0.3, 0.4) is 0 Å². The topological polar surface area (TPSA) is 96.4 Å². The van der Waals surface area contributed by atoms with Gasteiger partial charge in [-0.2, -0.15) is 0 Å². The van der Waals surface area contributed by atoms with E-state index in [1.165, 1.54) is 11.0 Å². The number of rotatable bonds is 8. The molecule has 3 rings (SSSR count). The third-order valence-corrected chi connectivity index (χ3v) is 7.37. The molecule has 0 aromatic heterocycles. The lowest BCUT2D eigenvalue weighted by atomic mass is 9.62. The van der Waals surface area contributed by atoms with Crippen LogP contribution in [0, 0.1) is 17.8 Å². The molecule has 8 heteroatoms. The number of carbonyl (C=O) groups excluding carboxylic acids is 3. The molecule has 0 aliphatic carbocycles. The Kier molecular flexibility index (Phi) is 6.34. The highest BCUT2D eigenvalue weighted by molar-refractivity contribution is 5.98. The van der Waals surface area contributed by atoms with Crippen LogP contribution in [0.1, 0.15) is 41.0 Å². The van der Waals surface area contributed by atoms with E-state index < -0.39 is 40.6 Å². The Hall–Kier alpha value is -2.19. The summed E-state index contributed by atoms with van der Waals surface area (Å²) in [5.74, 6) is -2.87. The normalized spacial score (nSPS) is 35.6. The second-order valence-electron chi connectivity index (χ2n) is 10.3. The van der Waals surface area contributed by atoms with Crippen molar-refractivity contribution >= 4 is 17.8 Å². The summed E-state index contributed by atoms with van der Waals surface area (Å²) < 4.78 is 11.9. The molecule has 6 atom stereocenters. The van der Waals surface area contributed by atoms with Gasteiger partial charge in [0.05, 0.1) is 18.1 Å². The zero-order chi connectivity index (χ0) is 24.1. The number of β-amino-alcohol motifs (C(OH)–C–C–N with tert-alkyl or cyclic N) is 1. The van der Waals surface area contributed by atoms with Crippen molar-refractivity contribution in [3.63, 3.8) is 0 Å². The molecule has 178 valence electrons. The Morgan fingerprint density at radius 3 is 2.53 bits per heavy atom. The van der Waals surface area contributed by atoms with Crippen molar-refractivity contribution in [1.82, 2.24) is 9.80 Å². The number of amides is 2. The number of nitrogens with zero attached hydrogens (tertiary/aromatic N) is 2. The highest BCUT2D eigenvalue weighted by Gasteiger charge is 2.80. The molecule has 2 amide bonds. The van der Waals surface area contributed by atoms with Gasteiger partial charge in [-0.05, 0) is 40.0 Å². The number of likely N-dealkylation sites (tertiary alicyclic amines) is 1. The van der Waals surface area contributed by atoms with Gasteiger partial charge in [-0.1, -0.05) is 25.7 Å². The van der Waals surface area contributed by atoms with Crippen molar-refractivity contribution in [1.29, 1.82) is 0 Å². The van der Waals surface area contributed by atoms with E-state index in [-0.39, 0.29) is 37.5 Å². The molecule has 3 saturated heterocycles. The average Bonchev–Trinajstić information content (AvgIpc) is 3.21. The van der Waals surface area contributed by atoms with Gasteiger partial charge in [-0.3, -0.25) is 14.4 Å². The van der Waals surface area contributed by atoms with E-state index in [2.05, 4.69) is 13.2 Å². The Morgan fingerprint density at radius 1 is 1.34 bits per heavy atom. The molecule has 3 aliphatic rings. The van der Waals surface area contributed by atoms with Crippen LogP contribution in [0.15, 0.2) is 25.3 Å². The standard InChI is InChI=1S/C24H36N2O6/c1-8-10-26(22(4,5)6)20(29)18-24-14-15(3)23(7,32-24)17(21(30)31-13-9-2)16(24)19(28)25(18)11-12-27/h8-9,15-18,27H,1-2,10-14H2,3-7H3/t15?,16-,17+,18?,23-,24?/m0/s1. The summed E-state index contributed by atoms with van der Waals surface area (Å²) in [5, 5.41) is 9.69. The van der Waals surface area contributed by atoms with Gasteiger partial charge >= 0.3 is 5.97 Å². The molecule has 3 heterocycles. The second-order valence-corrected chi connectivity index (χ2v) is 10.3. The number of hydrogen-bond acceptors (Lipinski definition) is 6. The third-order valence-electron chi connectivity index (χ3n) is 7.37. The van der Waals surface area contributed by atoms with Crippen LogP contribution in [0.25, 0.3) is 0 Å². The molecule has 0 saturated carbocycles. The number of hydrogen-bond donors (Lipinski definition) is 1. The first-order valence-electron chi connectivity index (χ1n) is 11.2. The number of aliphatic hydroxyl groups is 1. The summed E-state index contributed by atoms with van der Waals surface area (Å²) in [6, 6.07) is -0.937. The molecule has 3 fully saturated rings. The lowest BCUT2D eigenvalue weighted by molar-refractivity contribution is -0.162. The van der Waals surface area contributed by atoms with Crippen LogP contribution >= 0.6 is 0 Å². The van der Waals surface area contributed by atoms with Gasteiger partial charge in [0.1, 0.15) is 24.2 Å². The van der Waals surface area contributed by atoms with Crippen LogP contribution in [0.5, 0.6) is 0 Å². The Bertz CT molecular complexity index is 820. The molecular formula is C24H36N2O6. The van der Waals surface area contributed by atoms with E-state index in [9.17, 15) is 19.5 Å². The molecule has 2 bridgehead atoms. The fourth-order valence-electron chi connectivity index (χ4n) is 5.93. The minimum absolute atomic E-state index is 0.0115. The summed E-state index contributed by atoms with van der Waals surface area (Å²) >= 11 is 0. The maximum Gasteiger partial charge on any atom is 0.313 e. The third kappa shape index (κ3) is 3.39. The summed E-state index contributed by atoms with van der Waals surface area (Å²) in [5.41, 5.74) is -2.60. The largest absolute Gasteiger partial charge is 0.461 e. The highest BCUT2D eigenvalue weighted by atomic mass is 16.6. The van der Waals surface area contributed by atoms with Crippen LogP contribution < -0.4 is 0 Å². The van der Waals surface area contributed by atoms with Gasteiger partial charge in [0.25, 0.3) is 0 Å². The van der Waals surface area contributed by atoms with Gasteiger partial charge in [-0.15, -0.1) is 6.58 Å². The van der Waals surface area contributed by atoms with Crippen LogP contribution in [0.2, 0.25) is 0 Å². The van der Waals surface area contributed by atoms with E-state index in [4.69, 9.17) is 9.47 Å². The Labute approximate surface area is 190 Å². The first-order valence-corrected chi connectivity index (χ1v) is 11.2. The van der Waals surface area contributed by atoms with E-state index in [1.54, 1.807) is 11.0 Å². The second kappa shape index (κ2) is 8.30. The molecule has 0 aromatic rings. The van der Waals surface area contributed by atoms with Gasteiger partial charge in [-0.25, -0.2) is 0 Å². The first kappa shape index (κ1) is 24.5. The number of carbonyl (C=O) groups is 3. The van der Waals surface area contributed by atoms with E-state index in [0.717, 1.165) is 0 Å². The van der Waals surface area contributed by atoms with Crippen molar-refractivity contribution in [3.8, 4) is 0 Å². The monoisotopic (exact) mass is 448 g/mol. The quantitative estimate of drug-likeness (QED) is 0.447. The highest BCUT2D eigenvalue weighted by Crippen LogP contribution is 2.65. The zero-order valence-electron chi connectivity index (χ0n) is 19.8. The van der Waals surface area contributed by atoms with E-state index >= 15 is 0 Å². The zero-order valence-corrected chi connectivity index (χ0v) is 19.8. The molecular weight excluding hydrogens is 412 g/mol. The Morgan fingerprint density at radius 2 is 2.00 bits per heavy atom. The molecule has 1 N–H and O–H groups in total. The molecule has 0 aromatic carbocycles. The van der Waals surface area contributed by atoms with Gasteiger partial charge in [0.15, 0.2) is 0 Å². The van der Waals surface area contributed by atoms with Crippen LogP contribution in [0.4, 0.5) is 0 Å². The fourth-order valence-corrected chi connectivity index (χ4v) is 5.93. The molecule has 32 heavy (non-hydrogen) atoms. The first-order chi connectivity index (χ1) is 14.9. The Balaban J connectivity index is 2.12. The summed E-state index contributed by atoms with van der Waals surface area (Å²) in [6.45, 7) is 17.0. The van der Waals surface area contributed by atoms with Crippen molar-refractivity contribution in [2.24, 2.45) is 17.8 Å². The number of esters is 1. The van der Waals surface area contributed by atoms with Crippen molar-refractivity contribution < 1.29 is 29.0 Å². The van der Waals surface area contributed by atoms with Crippen molar-refractivity contribution in [3.05, 3.63) is 25.3 Å². The molecule has 8 nitrogen and oxygen atoms in total. The van der Waals surface area contributed by atoms with Gasteiger partial charge < -0.3 is 24.4 Å². The summed E-state index contributed by atoms with van der Waals surface area (Å²) in [7, 11) is 0. The molecule has 3 aliphatic heterocycles. The molecule has 1 spiro atoms. The smallest absolute Gasteiger partial charge is 0.313 e. The number of fused-ring (bicyclic) bond motifs is 1. The SMILES string of the molecule is C=CCOC(=O)[C@H]1[C@H]2C(=O)N(CCO)C(C(=O)N(CC=C)C(C)(C)C)C23CC(C)[C@]1(C)O3. The maximum absolute atomic E-state index is 14.0. The predicted octanol–water partition coefficient (Wildman–Crippen LogP) is 1.53. The van der Waals surface area contributed by atoms with Gasteiger partial charge in [0, 0.05) is 18.6 Å².